The highest BCUT2D eigenvalue weighted by Gasteiger charge is 2.32. The van der Waals surface area contributed by atoms with Crippen LogP contribution in [0.2, 0.25) is 0 Å². The zero-order valence-corrected chi connectivity index (χ0v) is 12.0. The minimum atomic E-state index is -0.987. The summed E-state index contributed by atoms with van der Waals surface area (Å²) in [5.41, 5.74) is -0.357. The minimum absolute atomic E-state index is 0.113. The fourth-order valence-corrected chi connectivity index (χ4v) is 2.95. The molecule has 0 aromatic heterocycles. The minimum Gasteiger partial charge on any atom is -0.351 e. The summed E-state index contributed by atoms with van der Waals surface area (Å²) in [5, 5.41) is 13.4. The molecule has 1 amide bonds. The molecule has 21 heavy (non-hydrogen) atoms. The van der Waals surface area contributed by atoms with Gasteiger partial charge in [0, 0.05) is 18.2 Å². The number of carbonyl (C=O) groups excluding carboxylic acids is 1. The van der Waals surface area contributed by atoms with Gasteiger partial charge in [0.25, 0.3) is 5.91 Å². The molecule has 0 atom stereocenters. The Labute approximate surface area is 122 Å². The van der Waals surface area contributed by atoms with E-state index in [2.05, 4.69) is 12.2 Å². The maximum absolute atomic E-state index is 13.5. The van der Waals surface area contributed by atoms with Gasteiger partial charge in [0.1, 0.15) is 0 Å². The Hall–Kier alpha value is -1.98. The van der Waals surface area contributed by atoms with Crippen LogP contribution in [0.4, 0.5) is 10.1 Å². The normalized spacial score (nSPS) is 16.7. The predicted octanol–water partition coefficient (Wildman–Crippen LogP) is 3.43. The molecule has 0 aliphatic heterocycles. The summed E-state index contributed by atoms with van der Waals surface area (Å²) >= 11 is 0. The Morgan fingerprint density at radius 3 is 2.62 bits per heavy atom. The molecule has 0 radical (unpaired) electrons. The van der Waals surface area contributed by atoms with Crippen LogP contribution in [0.1, 0.15) is 49.4 Å². The van der Waals surface area contributed by atoms with E-state index in [1.165, 1.54) is 18.9 Å². The van der Waals surface area contributed by atoms with Crippen molar-refractivity contribution in [2.45, 2.75) is 39.0 Å². The maximum Gasteiger partial charge on any atom is 0.304 e. The van der Waals surface area contributed by atoms with Gasteiger partial charge in [0.05, 0.1) is 4.92 Å². The van der Waals surface area contributed by atoms with Crippen LogP contribution in [0.3, 0.4) is 0 Å². The molecule has 1 aliphatic carbocycles. The van der Waals surface area contributed by atoms with Gasteiger partial charge >= 0.3 is 5.69 Å². The van der Waals surface area contributed by atoms with Crippen molar-refractivity contribution < 1.29 is 14.1 Å². The second kappa shape index (κ2) is 6.20. The number of hydrogen-bond donors (Lipinski definition) is 1. The average Bonchev–Trinajstić information content (AvgIpc) is 2.93. The third-order valence-corrected chi connectivity index (χ3v) is 4.44. The lowest BCUT2D eigenvalue weighted by molar-refractivity contribution is -0.387. The van der Waals surface area contributed by atoms with Crippen LogP contribution in [0.25, 0.3) is 0 Å². The van der Waals surface area contributed by atoms with E-state index in [0.29, 0.717) is 6.54 Å². The van der Waals surface area contributed by atoms with Crippen LogP contribution in [0.5, 0.6) is 0 Å². The quantitative estimate of drug-likeness (QED) is 0.668. The van der Waals surface area contributed by atoms with E-state index in [1.807, 2.05) is 0 Å². The predicted molar refractivity (Wildman–Crippen MR) is 76.6 cm³/mol. The van der Waals surface area contributed by atoms with Crippen LogP contribution in [-0.4, -0.2) is 17.4 Å². The number of amides is 1. The van der Waals surface area contributed by atoms with Gasteiger partial charge < -0.3 is 5.32 Å². The topological polar surface area (TPSA) is 72.2 Å². The van der Waals surface area contributed by atoms with Crippen molar-refractivity contribution in [2.24, 2.45) is 5.41 Å². The lowest BCUT2D eigenvalue weighted by atomic mass is 9.83. The third kappa shape index (κ3) is 3.37. The highest BCUT2D eigenvalue weighted by atomic mass is 19.1. The van der Waals surface area contributed by atoms with Gasteiger partial charge in [0.15, 0.2) is 0 Å². The molecule has 1 fully saturated rings. The molecule has 1 saturated carbocycles. The first kappa shape index (κ1) is 15.4. The van der Waals surface area contributed by atoms with E-state index in [1.54, 1.807) is 0 Å². The molecule has 1 N–H and O–H groups in total. The largest absolute Gasteiger partial charge is 0.351 e. The van der Waals surface area contributed by atoms with E-state index >= 15 is 0 Å². The molecule has 1 aliphatic rings. The smallest absolute Gasteiger partial charge is 0.304 e. The number of hydrogen-bond acceptors (Lipinski definition) is 3. The number of nitrogens with one attached hydrogen (secondary N) is 1. The van der Waals surface area contributed by atoms with Gasteiger partial charge in [-0.25, -0.2) is 0 Å². The van der Waals surface area contributed by atoms with Crippen LogP contribution in [-0.2, 0) is 0 Å². The SMILES string of the molecule is CCC1(CNC(=O)c2ccc([N+](=O)[O-])c(F)c2)CCCC1. The number of benzene rings is 1. The van der Waals surface area contributed by atoms with Crippen LogP contribution >= 0.6 is 0 Å². The number of halogens is 1. The summed E-state index contributed by atoms with van der Waals surface area (Å²) in [6.45, 7) is 2.68. The highest BCUT2D eigenvalue weighted by Crippen LogP contribution is 2.40. The maximum atomic E-state index is 13.5. The first-order chi connectivity index (χ1) is 9.97. The zero-order chi connectivity index (χ0) is 15.5. The molecule has 0 bridgehead atoms. The Balaban J connectivity index is 2.03. The van der Waals surface area contributed by atoms with Crippen molar-refractivity contribution >= 4 is 11.6 Å². The summed E-state index contributed by atoms with van der Waals surface area (Å²) in [6.07, 6.45) is 5.55. The van der Waals surface area contributed by atoms with Crippen LogP contribution in [0, 0.1) is 21.3 Å². The average molecular weight is 294 g/mol. The lowest BCUT2D eigenvalue weighted by Gasteiger charge is -2.27. The molecule has 5 nitrogen and oxygen atoms in total. The van der Waals surface area contributed by atoms with E-state index in [4.69, 9.17) is 0 Å². The lowest BCUT2D eigenvalue weighted by Crippen LogP contribution is -2.35. The zero-order valence-electron chi connectivity index (χ0n) is 12.0. The van der Waals surface area contributed by atoms with Crippen molar-refractivity contribution in [1.29, 1.82) is 0 Å². The van der Waals surface area contributed by atoms with Crippen LogP contribution < -0.4 is 5.32 Å². The Morgan fingerprint density at radius 1 is 1.43 bits per heavy atom. The van der Waals surface area contributed by atoms with Gasteiger partial charge in [-0.05, 0) is 36.8 Å². The van der Waals surface area contributed by atoms with E-state index < -0.39 is 16.4 Å². The third-order valence-electron chi connectivity index (χ3n) is 4.44. The standard InChI is InChI=1S/C15H19FN2O3/c1-2-15(7-3-4-8-15)10-17-14(19)11-5-6-13(18(20)21)12(16)9-11/h5-6,9H,2-4,7-8,10H2,1H3,(H,17,19). The summed E-state index contributed by atoms with van der Waals surface area (Å²) in [7, 11) is 0. The van der Waals surface area contributed by atoms with Gasteiger partial charge in [-0.1, -0.05) is 19.8 Å². The first-order valence-corrected chi connectivity index (χ1v) is 7.19. The van der Waals surface area contributed by atoms with Gasteiger partial charge in [0.2, 0.25) is 5.82 Å². The summed E-state index contributed by atoms with van der Waals surface area (Å²) < 4.78 is 13.5. The number of nitro groups is 1. The fraction of sp³-hybridized carbons (Fsp3) is 0.533. The van der Waals surface area contributed by atoms with Crippen molar-refractivity contribution in [3.05, 3.63) is 39.7 Å². The van der Waals surface area contributed by atoms with Gasteiger partial charge in [-0.15, -0.1) is 0 Å². The van der Waals surface area contributed by atoms with Crippen LogP contribution in [0.15, 0.2) is 18.2 Å². The highest BCUT2D eigenvalue weighted by molar-refractivity contribution is 5.94. The number of carbonyl (C=O) groups is 1. The molecule has 0 unspecified atom stereocenters. The molecule has 1 aromatic carbocycles. The second-order valence-electron chi connectivity index (χ2n) is 5.67. The van der Waals surface area contributed by atoms with Crippen molar-refractivity contribution in [3.8, 4) is 0 Å². The van der Waals surface area contributed by atoms with E-state index in [0.717, 1.165) is 31.4 Å². The molecular formula is C15H19FN2O3. The number of nitrogens with zero attached hydrogens (tertiary/aromatic N) is 1. The molecule has 0 spiro atoms. The van der Waals surface area contributed by atoms with Crippen molar-refractivity contribution in [1.82, 2.24) is 5.32 Å². The first-order valence-electron chi connectivity index (χ1n) is 7.19. The molecular weight excluding hydrogens is 275 g/mol. The summed E-state index contributed by atoms with van der Waals surface area (Å²) in [5.74, 6) is -1.37. The molecule has 6 heteroatoms. The summed E-state index contributed by atoms with van der Waals surface area (Å²) in [4.78, 5) is 21.8. The van der Waals surface area contributed by atoms with Crippen molar-refractivity contribution in [2.75, 3.05) is 6.54 Å². The van der Waals surface area contributed by atoms with Gasteiger partial charge in [-0.3, -0.25) is 14.9 Å². The second-order valence-corrected chi connectivity index (χ2v) is 5.67. The van der Waals surface area contributed by atoms with E-state index in [9.17, 15) is 19.3 Å². The van der Waals surface area contributed by atoms with Crippen molar-refractivity contribution in [3.63, 3.8) is 0 Å². The molecule has 0 heterocycles. The molecule has 114 valence electrons. The number of rotatable bonds is 5. The Morgan fingerprint density at radius 2 is 2.10 bits per heavy atom. The van der Waals surface area contributed by atoms with Gasteiger partial charge in [-0.2, -0.15) is 4.39 Å². The molecule has 2 rings (SSSR count). The fourth-order valence-electron chi connectivity index (χ4n) is 2.95. The number of nitro benzene ring substituents is 1. The molecule has 1 aromatic rings. The molecule has 0 saturated heterocycles. The van der Waals surface area contributed by atoms with E-state index in [-0.39, 0.29) is 16.9 Å². The Bertz CT molecular complexity index is 554. The summed E-state index contributed by atoms with van der Waals surface area (Å²) in [6, 6.07) is 3.22. The monoisotopic (exact) mass is 294 g/mol. The Kier molecular flexibility index (Phi) is 4.55.